The van der Waals surface area contributed by atoms with Crippen LogP contribution in [0.25, 0.3) is 0 Å². The van der Waals surface area contributed by atoms with Gasteiger partial charge in [-0.3, -0.25) is 4.99 Å². The second-order valence-electron chi connectivity index (χ2n) is 4.73. The molecule has 0 saturated carbocycles. The van der Waals surface area contributed by atoms with Crippen LogP contribution >= 0.6 is 0 Å². The molecule has 0 aliphatic heterocycles. The topological polar surface area (TPSA) is 21.6 Å². The smallest absolute Gasteiger partial charge is 0.107 e. The first-order valence-electron chi connectivity index (χ1n) is 6.58. The van der Waals surface area contributed by atoms with Crippen molar-refractivity contribution < 1.29 is 4.74 Å². The number of methoxy groups -OCH3 is 1. The van der Waals surface area contributed by atoms with E-state index in [-0.39, 0.29) is 5.60 Å². The van der Waals surface area contributed by atoms with Gasteiger partial charge in [0.1, 0.15) is 5.60 Å². The van der Waals surface area contributed by atoms with Crippen LogP contribution in [-0.2, 0) is 4.74 Å². The molecule has 0 spiro atoms. The largest absolute Gasteiger partial charge is 0.372 e. The molecule has 2 nitrogen and oxygen atoms in total. The number of hydrogen-bond donors (Lipinski definition) is 0. The second kappa shape index (κ2) is 7.05. The van der Waals surface area contributed by atoms with E-state index in [4.69, 9.17) is 9.73 Å². The molecule has 0 N–H and O–H groups in total. The van der Waals surface area contributed by atoms with Crippen molar-refractivity contribution in [2.45, 2.75) is 72.4 Å². The molecule has 3 unspecified atom stereocenters. The molecule has 0 bridgehead atoms. The van der Waals surface area contributed by atoms with Gasteiger partial charge in [-0.1, -0.05) is 34.1 Å². The van der Waals surface area contributed by atoms with Crippen molar-refractivity contribution in [2.75, 3.05) is 7.11 Å². The fourth-order valence-corrected chi connectivity index (χ4v) is 2.31. The Morgan fingerprint density at radius 1 is 1.19 bits per heavy atom. The summed E-state index contributed by atoms with van der Waals surface area (Å²) in [6, 6.07) is 0.394. The van der Waals surface area contributed by atoms with Crippen LogP contribution in [-0.4, -0.2) is 24.5 Å². The van der Waals surface area contributed by atoms with Gasteiger partial charge in [-0.2, -0.15) is 0 Å². The maximum absolute atomic E-state index is 5.82. The molecule has 0 aromatic heterocycles. The molecule has 0 saturated heterocycles. The monoisotopic (exact) mass is 227 g/mol. The Bertz CT molecular complexity index is 219. The Morgan fingerprint density at radius 3 is 2.06 bits per heavy atom. The molecule has 2 heteroatoms. The van der Waals surface area contributed by atoms with Gasteiger partial charge in [0.15, 0.2) is 0 Å². The van der Waals surface area contributed by atoms with Crippen molar-refractivity contribution in [1.29, 1.82) is 0 Å². The predicted molar refractivity (Wildman–Crippen MR) is 72.3 cm³/mol. The van der Waals surface area contributed by atoms with Crippen molar-refractivity contribution in [1.82, 2.24) is 0 Å². The summed E-state index contributed by atoms with van der Waals surface area (Å²) in [5.74, 6) is 0.510. The lowest BCUT2D eigenvalue weighted by Gasteiger charge is -2.37. The van der Waals surface area contributed by atoms with Crippen molar-refractivity contribution in [3.63, 3.8) is 0 Å². The average Bonchev–Trinajstić information content (AvgIpc) is 2.30. The lowest BCUT2D eigenvalue weighted by Crippen LogP contribution is -2.45. The van der Waals surface area contributed by atoms with E-state index in [1.54, 1.807) is 0 Å². The predicted octanol–water partition coefficient (Wildman–Crippen LogP) is 4.09. The number of hydrogen-bond acceptors (Lipinski definition) is 2. The van der Waals surface area contributed by atoms with Gasteiger partial charge in [0, 0.05) is 18.9 Å². The van der Waals surface area contributed by atoms with Crippen LogP contribution in [0.1, 0.15) is 60.8 Å². The van der Waals surface area contributed by atoms with Crippen molar-refractivity contribution in [3.05, 3.63) is 0 Å². The zero-order chi connectivity index (χ0) is 12.8. The lowest BCUT2D eigenvalue weighted by atomic mass is 9.80. The van der Waals surface area contributed by atoms with Crippen LogP contribution in [0.3, 0.4) is 0 Å². The molecule has 0 aliphatic carbocycles. The molecule has 0 aromatic rings. The highest BCUT2D eigenvalue weighted by molar-refractivity contribution is 5.91. The van der Waals surface area contributed by atoms with E-state index >= 15 is 0 Å². The van der Waals surface area contributed by atoms with Gasteiger partial charge < -0.3 is 4.74 Å². The van der Waals surface area contributed by atoms with Crippen molar-refractivity contribution in [3.8, 4) is 0 Å². The zero-order valence-corrected chi connectivity index (χ0v) is 12.1. The number of aliphatic imine (C=N–C) groups is 1. The van der Waals surface area contributed by atoms with Crippen LogP contribution in [0.2, 0.25) is 0 Å². The zero-order valence-electron chi connectivity index (χ0n) is 12.1. The molecule has 0 amide bonds. The number of ether oxygens (including phenoxy) is 1. The summed E-state index contributed by atoms with van der Waals surface area (Å²) in [5.41, 5.74) is 0.985. The quantitative estimate of drug-likeness (QED) is 0.600. The molecule has 0 fully saturated rings. The minimum absolute atomic E-state index is 0.168. The van der Waals surface area contributed by atoms with Crippen molar-refractivity contribution >= 4 is 5.71 Å². The van der Waals surface area contributed by atoms with E-state index in [0.29, 0.717) is 12.0 Å². The third-order valence-corrected chi connectivity index (χ3v) is 3.92. The van der Waals surface area contributed by atoms with Crippen LogP contribution in [0.5, 0.6) is 0 Å². The maximum Gasteiger partial charge on any atom is 0.107 e. The van der Waals surface area contributed by atoms with Crippen molar-refractivity contribution in [2.24, 2.45) is 10.9 Å². The Kier molecular flexibility index (Phi) is 6.89. The Labute approximate surface area is 101 Å². The molecule has 0 rings (SSSR count). The minimum atomic E-state index is -0.168. The standard InChI is InChI=1S/C14H29NO/c1-8-11(4)14(10-3,16-7)13(6)15-12(5)9-2/h11-12H,8-10H2,1-7H3. The fourth-order valence-electron chi connectivity index (χ4n) is 2.31. The Hall–Kier alpha value is -0.370. The third kappa shape index (κ3) is 3.31. The third-order valence-electron chi connectivity index (χ3n) is 3.92. The fraction of sp³-hybridized carbons (Fsp3) is 0.929. The first-order valence-corrected chi connectivity index (χ1v) is 6.58. The second-order valence-corrected chi connectivity index (χ2v) is 4.73. The molecule has 0 radical (unpaired) electrons. The molecular formula is C14H29NO. The highest BCUT2D eigenvalue weighted by Gasteiger charge is 2.36. The maximum atomic E-state index is 5.82. The van der Waals surface area contributed by atoms with E-state index in [2.05, 4.69) is 41.5 Å². The summed E-state index contributed by atoms with van der Waals surface area (Å²) in [6.07, 6.45) is 3.20. The van der Waals surface area contributed by atoms with Crippen LogP contribution in [0.4, 0.5) is 0 Å². The van der Waals surface area contributed by atoms with E-state index < -0.39 is 0 Å². The van der Waals surface area contributed by atoms with E-state index in [0.717, 1.165) is 25.0 Å². The molecule has 0 aliphatic rings. The molecule has 16 heavy (non-hydrogen) atoms. The van der Waals surface area contributed by atoms with Gasteiger partial charge >= 0.3 is 0 Å². The first kappa shape index (κ1) is 15.6. The van der Waals surface area contributed by atoms with Gasteiger partial charge in [0.25, 0.3) is 0 Å². The van der Waals surface area contributed by atoms with Gasteiger partial charge in [0.05, 0.1) is 0 Å². The number of nitrogens with zero attached hydrogens (tertiary/aromatic N) is 1. The number of rotatable bonds is 7. The van der Waals surface area contributed by atoms with E-state index in [9.17, 15) is 0 Å². The molecule has 3 atom stereocenters. The van der Waals surface area contributed by atoms with E-state index in [1.165, 1.54) is 0 Å². The van der Waals surface area contributed by atoms with E-state index in [1.807, 2.05) is 7.11 Å². The van der Waals surface area contributed by atoms with Gasteiger partial charge in [-0.25, -0.2) is 0 Å². The minimum Gasteiger partial charge on any atom is -0.372 e. The van der Waals surface area contributed by atoms with Gasteiger partial charge in [0.2, 0.25) is 0 Å². The molecule has 96 valence electrons. The summed E-state index contributed by atoms with van der Waals surface area (Å²) >= 11 is 0. The summed E-state index contributed by atoms with van der Waals surface area (Å²) in [5, 5.41) is 0. The average molecular weight is 227 g/mol. The lowest BCUT2D eigenvalue weighted by molar-refractivity contribution is 0.000498. The van der Waals surface area contributed by atoms with Crippen LogP contribution in [0.15, 0.2) is 4.99 Å². The van der Waals surface area contributed by atoms with Gasteiger partial charge in [-0.15, -0.1) is 0 Å². The summed E-state index contributed by atoms with van der Waals surface area (Å²) in [6.45, 7) is 13.1. The Balaban J connectivity index is 5.10. The molecular weight excluding hydrogens is 198 g/mol. The normalized spacial score (nSPS) is 20.3. The molecule has 0 heterocycles. The Morgan fingerprint density at radius 2 is 1.75 bits per heavy atom. The summed E-state index contributed by atoms with van der Waals surface area (Å²) in [7, 11) is 1.81. The SMILES string of the molecule is CCC(C)N=C(C)C(CC)(OC)C(C)CC. The summed E-state index contributed by atoms with van der Waals surface area (Å²) < 4.78 is 5.82. The first-order chi connectivity index (χ1) is 7.48. The summed E-state index contributed by atoms with van der Waals surface area (Å²) in [4.78, 5) is 4.77. The molecule has 0 aromatic carbocycles. The highest BCUT2D eigenvalue weighted by Crippen LogP contribution is 2.30. The van der Waals surface area contributed by atoms with Gasteiger partial charge in [-0.05, 0) is 32.6 Å². The highest BCUT2D eigenvalue weighted by atomic mass is 16.5. The van der Waals surface area contributed by atoms with Crippen LogP contribution in [0, 0.1) is 5.92 Å². The van der Waals surface area contributed by atoms with Crippen LogP contribution < -0.4 is 0 Å².